The van der Waals surface area contributed by atoms with Crippen molar-refractivity contribution in [1.82, 2.24) is 0 Å². The van der Waals surface area contributed by atoms with Crippen molar-refractivity contribution in [3.05, 3.63) is 0 Å². The molecule has 17 N–H and O–H groups in total. The lowest BCUT2D eigenvalue weighted by Crippen LogP contribution is -2.68. The van der Waals surface area contributed by atoms with Crippen molar-refractivity contribution in [2.45, 2.75) is 154 Å². The van der Waals surface area contributed by atoms with Crippen LogP contribution in [-0.2, 0) is 76.3 Å². The summed E-state index contributed by atoms with van der Waals surface area (Å²) in [6.45, 7) is -5.21. The Bertz CT molecular complexity index is 1710. The van der Waals surface area contributed by atoms with Crippen molar-refractivity contribution in [3.63, 3.8) is 0 Å². The second-order valence-corrected chi connectivity index (χ2v) is 17.1. The van der Waals surface area contributed by atoms with Gasteiger partial charge >= 0.3 is 20.8 Å². The number of aliphatic hydroxyl groups is 16. The molecule has 5 saturated heterocycles. The van der Waals surface area contributed by atoms with E-state index < -0.39 is 207 Å². The van der Waals surface area contributed by atoms with Crippen molar-refractivity contribution in [2.75, 3.05) is 33.0 Å². The standard InChI is InChI=1S/C30H52O33S2/c31-1-6-11(36)12(37)25(61-65(50,51)63-62-64(47,48)49)30(53-6)60-24-10(5-35)56-29(20(45)16(24)41)59-23-9(4-34)55-28(19(44)15(23)40)58-22-8(3-33)54-27(18(43)14(22)39)57-21-7(2-32)52-26(46)17(42)13(21)38/h6-46H,1-5H2,(H,47,48,49)/t6-,7-,8-,9-,10-,11-,12+,13-,14-,15-,16-,17-,18-,19-,20-,21-,22-,23-,24-,25-,26+,27-,28-,29-,30-/m1/s1. The maximum absolute atomic E-state index is 12.2. The van der Waals surface area contributed by atoms with E-state index in [1.807, 2.05) is 0 Å². The van der Waals surface area contributed by atoms with Crippen molar-refractivity contribution in [3.8, 4) is 0 Å². The highest BCUT2D eigenvalue weighted by atomic mass is 32.3. The molecular formula is C30H52O33S2. The van der Waals surface area contributed by atoms with Crippen LogP contribution in [0.2, 0.25) is 0 Å². The molecule has 0 aromatic carbocycles. The minimum absolute atomic E-state index is 0.876. The summed E-state index contributed by atoms with van der Waals surface area (Å²) < 4.78 is 115. The van der Waals surface area contributed by atoms with E-state index in [0.717, 1.165) is 0 Å². The van der Waals surface area contributed by atoms with Crippen molar-refractivity contribution in [1.29, 1.82) is 0 Å². The predicted molar refractivity (Wildman–Crippen MR) is 188 cm³/mol. The van der Waals surface area contributed by atoms with Gasteiger partial charge in [0.25, 0.3) is 0 Å². The molecule has 0 spiro atoms. The lowest BCUT2D eigenvalue weighted by Gasteiger charge is -2.49. The summed E-state index contributed by atoms with van der Waals surface area (Å²) in [4.78, 5) is 0. The first-order valence-electron chi connectivity index (χ1n) is 19.1. The molecule has 0 aromatic heterocycles. The molecule has 5 rings (SSSR count). The summed E-state index contributed by atoms with van der Waals surface area (Å²) >= 11 is 0. The fourth-order valence-electron chi connectivity index (χ4n) is 7.34. The van der Waals surface area contributed by atoms with E-state index in [2.05, 4.69) is 12.9 Å². The molecule has 0 saturated carbocycles. The Balaban J connectivity index is 1.25. The molecule has 0 radical (unpaired) electrons. The molecular weight excluding hydrogens is 952 g/mol. The number of hydrogen-bond acceptors (Lipinski definition) is 32. The lowest BCUT2D eigenvalue weighted by atomic mass is 9.95. The van der Waals surface area contributed by atoms with Crippen molar-refractivity contribution < 1.29 is 159 Å². The predicted octanol–water partition coefficient (Wildman–Crippen LogP) is -12.9. The molecule has 65 heavy (non-hydrogen) atoms. The first kappa shape index (κ1) is 54.7. The van der Waals surface area contributed by atoms with Crippen LogP contribution >= 0.6 is 0 Å². The van der Waals surface area contributed by atoms with E-state index in [-0.39, 0.29) is 0 Å². The van der Waals surface area contributed by atoms with Crippen LogP contribution in [0.15, 0.2) is 0 Å². The third-order valence-electron chi connectivity index (χ3n) is 10.7. The maximum atomic E-state index is 12.2. The summed E-state index contributed by atoms with van der Waals surface area (Å²) in [5.41, 5.74) is 0. The number of rotatable bonds is 18. The zero-order valence-corrected chi connectivity index (χ0v) is 34.6. The first-order valence-corrected chi connectivity index (χ1v) is 21.8. The average molecular weight is 1000 g/mol. The van der Waals surface area contributed by atoms with Crippen LogP contribution in [0.5, 0.6) is 0 Å². The van der Waals surface area contributed by atoms with E-state index in [1.165, 1.54) is 0 Å². The van der Waals surface area contributed by atoms with E-state index in [0.29, 0.717) is 0 Å². The fourth-order valence-corrected chi connectivity index (χ4v) is 8.41. The Hall–Kier alpha value is -1.26. The van der Waals surface area contributed by atoms with E-state index >= 15 is 0 Å². The Labute approximate surface area is 365 Å². The molecule has 382 valence electrons. The quantitative estimate of drug-likeness (QED) is 0.0344. The molecule has 5 aliphatic heterocycles. The summed E-state index contributed by atoms with van der Waals surface area (Å²) in [6.07, 6.45) is -50.8. The van der Waals surface area contributed by atoms with Gasteiger partial charge in [0.1, 0.15) is 116 Å². The Morgan fingerprint density at radius 3 is 1.02 bits per heavy atom. The minimum Gasteiger partial charge on any atom is -0.394 e. The van der Waals surface area contributed by atoms with Crippen molar-refractivity contribution in [2.24, 2.45) is 0 Å². The van der Waals surface area contributed by atoms with Gasteiger partial charge in [-0.15, -0.1) is 0 Å². The molecule has 25 atom stereocenters. The molecule has 0 aliphatic carbocycles. The second-order valence-electron chi connectivity index (χ2n) is 15.0. The SMILES string of the molecule is O=S(=O)(O)OOS(=O)(=O)O[C@H]1[C@@H](O[C@H]2[C@H](O)[C@@H](O)[C@@H](O[C@H]3[C@H](O)[C@@H](O)[C@@H](O[C@H]4[C@H](O)[C@@H](O)[C@@H](O[C@H]5[C@H](O)[C@@H](O)[C@@H](O)O[C@@H]5CO)O[C@@H]4CO)O[C@@H]3CO)O[C@@H]2CO)O[C@H](CO)[C@@H](O)[C@@H]1O. The van der Waals surface area contributed by atoms with Gasteiger partial charge in [0.2, 0.25) is 0 Å². The Morgan fingerprint density at radius 2 is 0.662 bits per heavy atom. The number of ether oxygens (including phenoxy) is 9. The summed E-state index contributed by atoms with van der Waals surface area (Å²) in [6, 6.07) is 0. The third-order valence-corrected chi connectivity index (χ3v) is 11.7. The molecule has 35 heteroatoms. The highest BCUT2D eigenvalue weighted by Crippen LogP contribution is 2.36. The van der Waals surface area contributed by atoms with Gasteiger partial charge in [-0.1, -0.05) is 8.67 Å². The van der Waals surface area contributed by atoms with Crippen molar-refractivity contribution >= 4 is 20.8 Å². The second kappa shape index (κ2) is 22.7. The minimum atomic E-state index is -5.72. The van der Waals surface area contributed by atoms with E-state index in [1.54, 1.807) is 0 Å². The van der Waals surface area contributed by atoms with Crippen LogP contribution in [0, 0.1) is 0 Å². The third kappa shape index (κ3) is 12.4. The topological polar surface area (TPSA) is 523 Å². The maximum Gasteiger partial charge on any atom is 0.428 e. The lowest BCUT2D eigenvalue weighted by molar-refractivity contribution is -0.392. The monoisotopic (exact) mass is 1000 g/mol. The highest BCUT2D eigenvalue weighted by Gasteiger charge is 2.57. The number of aliphatic hydroxyl groups excluding tert-OH is 16. The number of hydrogen-bond donors (Lipinski definition) is 17. The van der Waals surface area contributed by atoms with Gasteiger partial charge in [-0.05, 0) is 0 Å². The zero-order chi connectivity index (χ0) is 48.5. The molecule has 5 fully saturated rings. The van der Waals surface area contributed by atoms with E-state index in [9.17, 15) is 98.5 Å². The Morgan fingerprint density at radius 1 is 0.354 bits per heavy atom. The van der Waals surface area contributed by atoms with Gasteiger partial charge in [-0.25, -0.2) is 4.18 Å². The molecule has 5 heterocycles. The molecule has 33 nitrogen and oxygen atoms in total. The highest BCUT2D eigenvalue weighted by molar-refractivity contribution is 7.83. The van der Waals surface area contributed by atoms with Crippen LogP contribution < -0.4 is 0 Å². The van der Waals surface area contributed by atoms with E-state index in [4.69, 9.17) is 47.2 Å². The smallest absolute Gasteiger partial charge is 0.394 e. The summed E-state index contributed by atoms with van der Waals surface area (Å²) in [7, 11) is -11.3. The van der Waals surface area contributed by atoms with Crippen LogP contribution in [0.4, 0.5) is 0 Å². The van der Waals surface area contributed by atoms with Gasteiger partial charge in [-0.3, -0.25) is 4.55 Å². The molecule has 0 aromatic rings. The fraction of sp³-hybridized carbons (Fsp3) is 1.00. The summed E-state index contributed by atoms with van der Waals surface area (Å²) in [5.74, 6) is 0. The molecule has 5 aliphatic rings. The normalized spacial score (nSPS) is 48.0. The van der Waals surface area contributed by atoms with Crippen LogP contribution in [0.3, 0.4) is 0 Å². The average Bonchev–Trinajstić information content (AvgIpc) is 3.26. The first-order chi connectivity index (χ1) is 30.4. The van der Waals surface area contributed by atoms with Crippen LogP contribution in [0.1, 0.15) is 0 Å². The van der Waals surface area contributed by atoms with Gasteiger partial charge in [0, 0.05) is 0 Å². The van der Waals surface area contributed by atoms with Crippen LogP contribution in [-0.4, -0.2) is 290 Å². The molecule has 0 unspecified atom stereocenters. The van der Waals surface area contributed by atoms with Gasteiger partial charge in [-0.2, -0.15) is 16.8 Å². The van der Waals surface area contributed by atoms with Gasteiger partial charge in [0.05, 0.1) is 33.0 Å². The molecule has 0 amide bonds. The Kier molecular flexibility index (Phi) is 19.1. The van der Waals surface area contributed by atoms with Gasteiger partial charge < -0.3 is 124 Å². The van der Waals surface area contributed by atoms with Gasteiger partial charge in [0.15, 0.2) is 37.6 Å². The van der Waals surface area contributed by atoms with Crippen LogP contribution in [0.25, 0.3) is 0 Å². The largest absolute Gasteiger partial charge is 0.428 e. The molecule has 0 bridgehead atoms. The zero-order valence-electron chi connectivity index (χ0n) is 32.9. The summed E-state index contributed by atoms with van der Waals surface area (Å²) in [5, 5.41) is 167.